The molecule has 0 radical (unpaired) electrons. The fourth-order valence-electron chi connectivity index (χ4n) is 3.56. The molecule has 0 fully saturated rings. The van der Waals surface area contributed by atoms with Gasteiger partial charge in [0.1, 0.15) is 11.8 Å². The molecule has 1 aliphatic rings. The molecule has 0 spiro atoms. The first-order valence-electron chi connectivity index (χ1n) is 9.11. The lowest BCUT2D eigenvalue weighted by molar-refractivity contribution is 0.242. The molecule has 1 heterocycles. The Morgan fingerprint density at radius 2 is 2.15 bits per heavy atom. The summed E-state index contributed by atoms with van der Waals surface area (Å²) in [5.74, 6) is 1.77. The Morgan fingerprint density at radius 1 is 1.30 bits per heavy atom. The van der Waals surface area contributed by atoms with Gasteiger partial charge in [0.25, 0.3) is 0 Å². The Hall–Kier alpha value is -3.10. The molecular weight excluding hydrogens is 338 g/mol. The maximum Gasteiger partial charge on any atom is 0.226 e. The maximum absolute atomic E-state index is 9.42. The molecule has 136 valence electrons. The van der Waals surface area contributed by atoms with E-state index < -0.39 is 0 Å². The summed E-state index contributed by atoms with van der Waals surface area (Å²) in [4.78, 5) is 4.43. The molecule has 5 nitrogen and oxygen atoms in total. The highest BCUT2D eigenvalue weighted by atomic mass is 16.5. The monoisotopic (exact) mass is 359 g/mol. The molecule has 1 aromatic heterocycles. The average molecular weight is 359 g/mol. The number of rotatable bonds is 4. The zero-order chi connectivity index (χ0) is 19.0. The van der Waals surface area contributed by atoms with Crippen molar-refractivity contribution in [2.45, 2.75) is 38.8 Å². The molecule has 0 saturated carbocycles. The number of nitrogens with zero attached hydrogens (tertiary/aromatic N) is 2. The first kappa shape index (κ1) is 17.3. The molecule has 5 heteroatoms. The quantitative estimate of drug-likeness (QED) is 0.735. The summed E-state index contributed by atoms with van der Waals surface area (Å²) in [6.07, 6.45) is 3.64. The van der Waals surface area contributed by atoms with Crippen LogP contribution in [0.5, 0.6) is 5.75 Å². The number of ether oxygens (including phenoxy) is 1. The van der Waals surface area contributed by atoms with Crippen LogP contribution in [0, 0.1) is 11.3 Å². The molecule has 3 aromatic rings. The largest absolute Gasteiger partial charge is 0.490 e. The van der Waals surface area contributed by atoms with Crippen molar-refractivity contribution in [2.75, 3.05) is 0 Å². The molecule has 0 aliphatic heterocycles. The summed E-state index contributed by atoms with van der Waals surface area (Å²) in [7, 11) is 0. The van der Waals surface area contributed by atoms with Crippen molar-refractivity contribution in [3.63, 3.8) is 0 Å². The number of nitriles is 1. The van der Waals surface area contributed by atoms with E-state index in [0.29, 0.717) is 17.2 Å². The van der Waals surface area contributed by atoms with Crippen molar-refractivity contribution < 1.29 is 9.15 Å². The maximum atomic E-state index is 9.42. The van der Waals surface area contributed by atoms with E-state index >= 15 is 0 Å². The Bertz CT molecular complexity index is 1030. The first-order valence-corrected chi connectivity index (χ1v) is 9.11. The summed E-state index contributed by atoms with van der Waals surface area (Å²) < 4.78 is 11.7. The van der Waals surface area contributed by atoms with E-state index in [2.05, 4.69) is 17.1 Å². The van der Waals surface area contributed by atoms with Crippen molar-refractivity contribution >= 4 is 0 Å². The van der Waals surface area contributed by atoms with E-state index in [0.717, 1.165) is 29.7 Å². The third-order valence-electron chi connectivity index (χ3n) is 4.80. The standard InChI is InChI=1S/C22H21N3O2/c1-13(2)26-20-9-6-14(10-15(20)11-23)22-25-12-21(27-22)18-5-3-4-17-16(18)7-8-19(17)24/h3-6,9-10,12-13,19H,7-8,24H2,1-2H3. The third kappa shape index (κ3) is 3.20. The van der Waals surface area contributed by atoms with Crippen LogP contribution >= 0.6 is 0 Å². The lowest BCUT2D eigenvalue weighted by Gasteiger charge is -2.11. The summed E-state index contributed by atoms with van der Waals surface area (Å²) >= 11 is 0. The van der Waals surface area contributed by atoms with Crippen LogP contribution < -0.4 is 10.5 Å². The number of oxazole rings is 1. The van der Waals surface area contributed by atoms with E-state index in [9.17, 15) is 5.26 Å². The van der Waals surface area contributed by atoms with Crippen LogP contribution in [0.4, 0.5) is 0 Å². The number of fused-ring (bicyclic) bond motifs is 1. The van der Waals surface area contributed by atoms with Gasteiger partial charge in [-0.2, -0.15) is 5.26 Å². The molecule has 0 amide bonds. The summed E-state index contributed by atoms with van der Waals surface area (Å²) in [6.45, 7) is 3.86. The zero-order valence-corrected chi connectivity index (χ0v) is 15.4. The minimum atomic E-state index is 0.00263. The van der Waals surface area contributed by atoms with E-state index in [-0.39, 0.29) is 12.1 Å². The predicted molar refractivity (Wildman–Crippen MR) is 103 cm³/mol. The first-order chi connectivity index (χ1) is 13.1. The molecule has 27 heavy (non-hydrogen) atoms. The van der Waals surface area contributed by atoms with Crippen molar-refractivity contribution in [1.82, 2.24) is 4.98 Å². The van der Waals surface area contributed by atoms with Gasteiger partial charge in [0.15, 0.2) is 5.76 Å². The second-order valence-electron chi connectivity index (χ2n) is 7.04. The molecule has 1 aliphatic carbocycles. The molecular formula is C22H21N3O2. The number of hydrogen-bond acceptors (Lipinski definition) is 5. The van der Waals surface area contributed by atoms with Crippen molar-refractivity contribution in [3.8, 4) is 34.6 Å². The van der Waals surface area contributed by atoms with Crippen LogP contribution in [-0.2, 0) is 6.42 Å². The molecule has 4 rings (SSSR count). The minimum Gasteiger partial charge on any atom is -0.490 e. The zero-order valence-electron chi connectivity index (χ0n) is 15.4. The average Bonchev–Trinajstić information content (AvgIpc) is 3.29. The van der Waals surface area contributed by atoms with E-state index in [4.69, 9.17) is 14.9 Å². The Balaban J connectivity index is 1.69. The fraction of sp³-hybridized carbons (Fsp3) is 0.273. The van der Waals surface area contributed by atoms with Gasteiger partial charge in [-0.1, -0.05) is 18.2 Å². The lowest BCUT2D eigenvalue weighted by atomic mass is 10.0. The fourth-order valence-corrected chi connectivity index (χ4v) is 3.56. The Kier molecular flexibility index (Phi) is 4.43. The van der Waals surface area contributed by atoms with Crippen LogP contribution in [0.3, 0.4) is 0 Å². The van der Waals surface area contributed by atoms with Crippen molar-refractivity contribution in [3.05, 3.63) is 59.3 Å². The molecule has 0 bridgehead atoms. The van der Waals surface area contributed by atoms with Gasteiger partial charge in [0, 0.05) is 17.2 Å². The van der Waals surface area contributed by atoms with Gasteiger partial charge < -0.3 is 14.9 Å². The molecule has 0 saturated heterocycles. The molecule has 1 atom stereocenters. The van der Waals surface area contributed by atoms with E-state index in [1.807, 2.05) is 32.0 Å². The molecule has 1 unspecified atom stereocenters. The number of aromatic nitrogens is 1. The van der Waals surface area contributed by atoms with Crippen LogP contribution in [0.1, 0.15) is 43.0 Å². The normalized spacial score (nSPS) is 15.6. The van der Waals surface area contributed by atoms with Crippen LogP contribution in [0.25, 0.3) is 22.8 Å². The van der Waals surface area contributed by atoms with Gasteiger partial charge in [0.05, 0.1) is 17.9 Å². The summed E-state index contributed by atoms with van der Waals surface area (Å²) in [6, 6.07) is 13.8. The molecule has 2 N–H and O–H groups in total. The second kappa shape index (κ2) is 6.90. The van der Waals surface area contributed by atoms with Gasteiger partial charge in [-0.05, 0) is 56.0 Å². The van der Waals surface area contributed by atoms with Crippen LogP contribution in [-0.4, -0.2) is 11.1 Å². The van der Waals surface area contributed by atoms with Gasteiger partial charge >= 0.3 is 0 Å². The topological polar surface area (TPSA) is 85.1 Å². The molecule has 2 aromatic carbocycles. The van der Waals surface area contributed by atoms with Crippen molar-refractivity contribution in [2.24, 2.45) is 5.73 Å². The second-order valence-corrected chi connectivity index (χ2v) is 7.04. The minimum absolute atomic E-state index is 0.00263. The van der Waals surface area contributed by atoms with Gasteiger partial charge in [-0.25, -0.2) is 4.98 Å². The predicted octanol–water partition coefficient (Wildman–Crippen LogP) is 4.61. The number of nitrogens with two attached hydrogens (primary N) is 1. The highest BCUT2D eigenvalue weighted by Gasteiger charge is 2.23. The van der Waals surface area contributed by atoms with Crippen molar-refractivity contribution in [1.29, 1.82) is 5.26 Å². The lowest BCUT2D eigenvalue weighted by Crippen LogP contribution is -2.06. The SMILES string of the molecule is CC(C)Oc1ccc(-c2ncc(-c3cccc4c3CCC4N)o2)cc1C#N. The number of hydrogen-bond donors (Lipinski definition) is 1. The summed E-state index contributed by atoms with van der Waals surface area (Å²) in [5.41, 5.74) is 10.9. The van der Waals surface area contributed by atoms with Crippen LogP contribution in [0.2, 0.25) is 0 Å². The van der Waals surface area contributed by atoms with Gasteiger partial charge in [-0.15, -0.1) is 0 Å². The Labute approximate surface area is 158 Å². The smallest absolute Gasteiger partial charge is 0.226 e. The third-order valence-corrected chi connectivity index (χ3v) is 4.80. The van der Waals surface area contributed by atoms with Crippen LogP contribution in [0.15, 0.2) is 47.0 Å². The number of benzene rings is 2. The highest BCUT2D eigenvalue weighted by molar-refractivity contribution is 5.68. The van der Waals surface area contributed by atoms with E-state index in [1.54, 1.807) is 18.3 Å². The highest BCUT2D eigenvalue weighted by Crippen LogP contribution is 2.38. The van der Waals surface area contributed by atoms with Gasteiger partial charge in [-0.3, -0.25) is 0 Å². The summed E-state index contributed by atoms with van der Waals surface area (Å²) in [5, 5.41) is 9.42. The van der Waals surface area contributed by atoms with E-state index in [1.165, 1.54) is 11.1 Å². The Morgan fingerprint density at radius 3 is 2.93 bits per heavy atom. The van der Waals surface area contributed by atoms with Gasteiger partial charge in [0.2, 0.25) is 5.89 Å².